The van der Waals surface area contributed by atoms with Crippen molar-refractivity contribution in [3.8, 4) is 11.6 Å². The van der Waals surface area contributed by atoms with Crippen LogP contribution in [0.25, 0.3) is 0 Å². The Morgan fingerprint density at radius 3 is 2.31 bits per heavy atom. The largest absolute Gasteiger partial charge is 0.437 e. The number of carbonyl (C=O) groups excluding carboxylic acids is 2. The third-order valence-corrected chi connectivity index (χ3v) is 5.40. The molecule has 3 aromatic rings. The molecule has 0 saturated carbocycles. The molecule has 32 heavy (non-hydrogen) atoms. The topological polar surface area (TPSA) is 101 Å². The SMILES string of the molecule is Cc1cnc(N2CCN(c3nnc(Oc4ccccc4)c(C)c3C)C[C@H]2C)cn1.O=C=O. The van der Waals surface area contributed by atoms with Gasteiger partial charge in [0.25, 0.3) is 0 Å². The molecule has 1 saturated heterocycles. The minimum Gasteiger partial charge on any atom is -0.437 e. The molecule has 9 nitrogen and oxygen atoms in total. The van der Waals surface area contributed by atoms with Crippen LogP contribution >= 0.6 is 0 Å². The average Bonchev–Trinajstić information content (AvgIpc) is 2.79. The van der Waals surface area contributed by atoms with Crippen LogP contribution in [-0.4, -0.2) is 52.0 Å². The molecule has 0 unspecified atom stereocenters. The maximum Gasteiger partial charge on any atom is 0.373 e. The molecule has 9 heteroatoms. The number of rotatable bonds is 4. The maximum absolute atomic E-state index is 8.12. The van der Waals surface area contributed by atoms with E-state index in [0.29, 0.717) is 11.9 Å². The second-order valence-corrected chi connectivity index (χ2v) is 7.58. The lowest BCUT2D eigenvalue weighted by atomic mass is 10.1. The highest BCUT2D eigenvalue weighted by atomic mass is 16.5. The van der Waals surface area contributed by atoms with E-state index in [1.54, 1.807) is 0 Å². The lowest BCUT2D eigenvalue weighted by Gasteiger charge is -2.41. The molecular formula is C23H26N6O3. The fourth-order valence-corrected chi connectivity index (χ4v) is 3.59. The molecule has 166 valence electrons. The van der Waals surface area contributed by atoms with Crippen molar-refractivity contribution in [1.82, 2.24) is 20.2 Å². The smallest absolute Gasteiger partial charge is 0.373 e. The van der Waals surface area contributed by atoms with Crippen molar-refractivity contribution in [2.45, 2.75) is 33.7 Å². The zero-order chi connectivity index (χ0) is 23.1. The Balaban J connectivity index is 0.000000913. The van der Waals surface area contributed by atoms with Crippen LogP contribution in [0.5, 0.6) is 11.6 Å². The molecule has 0 N–H and O–H groups in total. The van der Waals surface area contributed by atoms with Crippen LogP contribution in [0.2, 0.25) is 0 Å². The Bertz CT molecular complexity index is 1070. The van der Waals surface area contributed by atoms with Crippen LogP contribution in [0.15, 0.2) is 42.7 Å². The van der Waals surface area contributed by atoms with Crippen molar-refractivity contribution in [2.24, 2.45) is 0 Å². The number of hydrogen-bond donors (Lipinski definition) is 0. The summed E-state index contributed by atoms with van der Waals surface area (Å²) < 4.78 is 5.92. The number of benzene rings is 1. The van der Waals surface area contributed by atoms with E-state index in [-0.39, 0.29) is 6.15 Å². The predicted octanol–water partition coefficient (Wildman–Crippen LogP) is 3.12. The molecule has 0 spiro atoms. The Kier molecular flexibility index (Phi) is 7.46. The first-order valence-corrected chi connectivity index (χ1v) is 10.3. The van der Waals surface area contributed by atoms with E-state index in [4.69, 9.17) is 14.3 Å². The summed E-state index contributed by atoms with van der Waals surface area (Å²) in [7, 11) is 0. The highest BCUT2D eigenvalue weighted by molar-refractivity contribution is 5.54. The fraction of sp³-hybridized carbons (Fsp3) is 0.348. The molecule has 1 aromatic carbocycles. The van der Waals surface area contributed by atoms with E-state index >= 15 is 0 Å². The van der Waals surface area contributed by atoms with E-state index in [1.807, 2.05) is 56.6 Å². The number of para-hydroxylation sites is 1. The van der Waals surface area contributed by atoms with Gasteiger partial charge in [-0.25, -0.2) is 4.98 Å². The van der Waals surface area contributed by atoms with Crippen molar-refractivity contribution in [2.75, 3.05) is 29.4 Å². The molecule has 2 aromatic heterocycles. The molecule has 0 amide bonds. The van der Waals surface area contributed by atoms with E-state index < -0.39 is 0 Å². The zero-order valence-electron chi connectivity index (χ0n) is 18.6. The van der Waals surface area contributed by atoms with Crippen molar-refractivity contribution in [1.29, 1.82) is 0 Å². The minimum atomic E-state index is 0.250. The Labute approximate surface area is 187 Å². The lowest BCUT2D eigenvalue weighted by Crippen LogP contribution is -2.53. The first-order chi connectivity index (χ1) is 15.4. The Hall–Kier alpha value is -3.84. The van der Waals surface area contributed by atoms with Crippen LogP contribution in [0, 0.1) is 20.8 Å². The molecule has 0 aliphatic carbocycles. The molecule has 1 fully saturated rings. The van der Waals surface area contributed by atoms with Gasteiger partial charge in [-0.3, -0.25) is 4.98 Å². The normalized spacial score (nSPS) is 15.4. The molecule has 4 rings (SSSR count). The van der Waals surface area contributed by atoms with Crippen molar-refractivity contribution >= 4 is 17.8 Å². The van der Waals surface area contributed by atoms with Crippen LogP contribution < -0.4 is 14.5 Å². The summed E-state index contributed by atoms with van der Waals surface area (Å²) in [5.74, 6) is 3.16. The number of nitrogens with zero attached hydrogens (tertiary/aromatic N) is 6. The summed E-state index contributed by atoms with van der Waals surface area (Å²) in [5, 5.41) is 8.88. The second-order valence-electron chi connectivity index (χ2n) is 7.58. The highest BCUT2D eigenvalue weighted by Gasteiger charge is 2.27. The summed E-state index contributed by atoms with van der Waals surface area (Å²) in [6.45, 7) is 10.8. The number of piperazine rings is 1. The Morgan fingerprint density at radius 2 is 1.69 bits per heavy atom. The Morgan fingerprint density at radius 1 is 0.969 bits per heavy atom. The minimum absolute atomic E-state index is 0.250. The van der Waals surface area contributed by atoms with Crippen LogP contribution in [-0.2, 0) is 9.59 Å². The van der Waals surface area contributed by atoms with Gasteiger partial charge < -0.3 is 14.5 Å². The van der Waals surface area contributed by atoms with Crippen molar-refractivity contribution in [3.05, 3.63) is 59.5 Å². The summed E-state index contributed by atoms with van der Waals surface area (Å²) >= 11 is 0. The van der Waals surface area contributed by atoms with Crippen LogP contribution in [0.1, 0.15) is 23.7 Å². The van der Waals surface area contributed by atoms with Gasteiger partial charge in [-0.15, -0.1) is 10.2 Å². The van der Waals surface area contributed by atoms with E-state index in [1.165, 1.54) is 0 Å². The number of anilines is 2. The van der Waals surface area contributed by atoms with E-state index in [0.717, 1.165) is 53.8 Å². The van der Waals surface area contributed by atoms with Crippen LogP contribution in [0.3, 0.4) is 0 Å². The van der Waals surface area contributed by atoms with Gasteiger partial charge in [0.15, 0.2) is 5.82 Å². The first-order valence-electron chi connectivity index (χ1n) is 10.3. The number of aryl methyl sites for hydroxylation is 1. The monoisotopic (exact) mass is 434 g/mol. The third kappa shape index (κ3) is 5.25. The maximum atomic E-state index is 8.12. The zero-order valence-corrected chi connectivity index (χ0v) is 18.6. The van der Waals surface area contributed by atoms with Crippen LogP contribution in [0.4, 0.5) is 11.6 Å². The van der Waals surface area contributed by atoms with Crippen molar-refractivity contribution < 1.29 is 14.3 Å². The number of hydrogen-bond acceptors (Lipinski definition) is 9. The summed E-state index contributed by atoms with van der Waals surface area (Å²) in [6.07, 6.45) is 3.92. The fourth-order valence-electron chi connectivity index (χ4n) is 3.59. The molecular weight excluding hydrogens is 408 g/mol. The van der Waals surface area contributed by atoms with E-state index in [9.17, 15) is 0 Å². The molecule has 1 atom stereocenters. The van der Waals surface area contributed by atoms with Gasteiger partial charge in [0.1, 0.15) is 11.6 Å². The lowest BCUT2D eigenvalue weighted by molar-refractivity contribution is -0.191. The van der Waals surface area contributed by atoms with Gasteiger partial charge >= 0.3 is 6.15 Å². The average molecular weight is 435 g/mol. The molecule has 1 aliphatic rings. The summed E-state index contributed by atoms with van der Waals surface area (Å²) in [5.41, 5.74) is 3.04. The van der Waals surface area contributed by atoms with Gasteiger partial charge in [-0.1, -0.05) is 18.2 Å². The third-order valence-electron chi connectivity index (χ3n) is 5.40. The van der Waals surface area contributed by atoms with Gasteiger partial charge in [0.2, 0.25) is 5.88 Å². The van der Waals surface area contributed by atoms with Gasteiger partial charge in [0, 0.05) is 36.8 Å². The molecule has 0 bridgehead atoms. The summed E-state index contributed by atoms with van der Waals surface area (Å²) in [4.78, 5) is 29.8. The quantitative estimate of drug-likeness (QED) is 0.613. The molecule has 1 aliphatic heterocycles. The number of ether oxygens (including phenoxy) is 1. The summed E-state index contributed by atoms with van der Waals surface area (Å²) in [6, 6.07) is 9.97. The highest BCUT2D eigenvalue weighted by Crippen LogP contribution is 2.30. The second kappa shape index (κ2) is 10.5. The van der Waals surface area contributed by atoms with Gasteiger partial charge in [-0.2, -0.15) is 9.59 Å². The van der Waals surface area contributed by atoms with Crippen molar-refractivity contribution in [3.63, 3.8) is 0 Å². The number of aromatic nitrogens is 4. The standard InChI is InChI=1S/C22H26N6O.CO2/c1-15-12-24-20(13-23-15)28-11-10-27(14-16(28)2)21-17(3)18(4)22(26-25-21)29-19-8-6-5-7-9-19;2-1-3/h5-9,12-13,16H,10-11,14H2,1-4H3;/t16-;/m1./s1. The molecule has 3 heterocycles. The van der Waals surface area contributed by atoms with Gasteiger partial charge in [0.05, 0.1) is 18.1 Å². The molecule has 0 radical (unpaired) electrons. The van der Waals surface area contributed by atoms with Gasteiger partial charge in [-0.05, 0) is 39.8 Å². The first kappa shape index (κ1) is 22.8. The van der Waals surface area contributed by atoms with E-state index in [2.05, 4.69) is 43.8 Å². The predicted molar refractivity (Wildman–Crippen MR) is 119 cm³/mol.